The molecule has 1 aliphatic heterocycles. The SMILES string of the molecule is COc1cc(/C=C2\SC(=O)N(CC(=O)Nc3c(C)cc(C)cc3C)C2=O)cc(Cl)c1O. The van der Waals surface area contributed by atoms with Gasteiger partial charge in [0.25, 0.3) is 11.1 Å². The first-order valence-corrected chi connectivity index (χ1v) is 10.5. The first kappa shape index (κ1) is 22.7. The Morgan fingerprint density at radius 1 is 1.19 bits per heavy atom. The summed E-state index contributed by atoms with van der Waals surface area (Å²) in [6.45, 7) is 5.34. The standard InChI is InChI=1S/C22H21ClN2O5S/c1-11-5-12(2)19(13(3)6-11)24-18(26)10-25-21(28)17(31-22(25)29)9-14-7-15(23)20(27)16(8-14)30-4/h5-9,27H,10H2,1-4H3,(H,24,26)/b17-9-. The quantitative estimate of drug-likeness (QED) is 0.630. The van der Waals surface area contributed by atoms with Crippen LogP contribution in [0.4, 0.5) is 10.5 Å². The fourth-order valence-electron chi connectivity index (χ4n) is 3.32. The smallest absolute Gasteiger partial charge is 0.294 e. The highest BCUT2D eigenvalue weighted by Crippen LogP contribution is 2.38. The van der Waals surface area contributed by atoms with Gasteiger partial charge in [-0.3, -0.25) is 19.3 Å². The van der Waals surface area contributed by atoms with Crippen LogP contribution >= 0.6 is 23.4 Å². The molecule has 0 spiro atoms. The number of amides is 3. The van der Waals surface area contributed by atoms with Gasteiger partial charge in [-0.05, 0) is 67.4 Å². The van der Waals surface area contributed by atoms with E-state index in [-0.39, 0.29) is 21.4 Å². The molecule has 9 heteroatoms. The van der Waals surface area contributed by atoms with Crippen LogP contribution in [0.2, 0.25) is 5.02 Å². The summed E-state index contributed by atoms with van der Waals surface area (Å²) in [5, 5.41) is 12.1. The van der Waals surface area contributed by atoms with Gasteiger partial charge in [0.15, 0.2) is 11.5 Å². The largest absolute Gasteiger partial charge is 0.503 e. The molecule has 0 unspecified atom stereocenters. The Labute approximate surface area is 189 Å². The third-order valence-corrected chi connectivity index (χ3v) is 5.88. The molecule has 162 valence electrons. The van der Waals surface area contributed by atoms with E-state index in [0.29, 0.717) is 11.3 Å². The van der Waals surface area contributed by atoms with Crippen molar-refractivity contribution in [3.63, 3.8) is 0 Å². The molecule has 1 fully saturated rings. The Kier molecular flexibility index (Phi) is 6.62. The Balaban J connectivity index is 1.77. The molecule has 2 aromatic carbocycles. The molecule has 0 aliphatic carbocycles. The van der Waals surface area contributed by atoms with Gasteiger partial charge in [0, 0.05) is 5.69 Å². The number of rotatable bonds is 5. The molecule has 2 aromatic rings. The number of nitrogens with one attached hydrogen (secondary N) is 1. The summed E-state index contributed by atoms with van der Waals surface area (Å²) in [6.07, 6.45) is 1.46. The van der Waals surface area contributed by atoms with Crippen molar-refractivity contribution in [3.05, 3.63) is 56.4 Å². The van der Waals surface area contributed by atoms with E-state index in [2.05, 4.69) is 5.32 Å². The molecule has 2 N–H and O–H groups in total. The van der Waals surface area contributed by atoms with Gasteiger partial charge in [0.2, 0.25) is 5.91 Å². The van der Waals surface area contributed by atoms with Gasteiger partial charge >= 0.3 is 0 Å². The molecule has 0 radical (unpaired) electrons. The van der Waals surface area contributed by atoms with Gasteiger partial charge in [-0.2, -0.15) is 0 Å². The number of benzene rings is 2. The second-order valence-electron chi connectivity index (χ2n) is 7.14. The number of hydrogen-bond donors (Lipinski definition) is 2. The lowest BCUT2D eigenvalue weighted by atomic mass is 10.1. The topological polar surface area (TPSA) is 95.9 Å². The number of hydrogen-bond acceptors (Lipinski definition) is 6. The van der Waals surface area contributed by atoms with E-state index >= 15 is 0 Å². The van der Waals surface area contributed by atoms with Crippen LogP contribution < -0.4 is 10.1 Å². The number of phenols is 1. The summed E-state index contributed by atoms with van der Waals surface area (Å²) in [4.78, 5) is 38.6. The number of ether oxygens (including phenoxy) is 1. The van der Waals surface area contributed by atoms with Crippen molar-refractivity contribution in [1.29, 1.82) is 0 Å². The molecule has 1 heterocycles. The van der Waals surface area contributed by atoms with Gasteiger partial charge in [-0.1, -0.05) is 29.3 Å². The van der Waals surface area contributed by atoms with Crippen molar-refractivity contribution < 1.29 is 24.2 Å². The minimum Gasteiger partial charge on any atom is -0.503 e. The predicted molar refractivity (Wildman–Crippen MR) is 122 cm³/mol. The highest BCUT2D eigenvalue weighted by molar-refractivity contribution is 8.18. The Bertz CT molecular complexity index is 1110. The third-order valence-electron chi connectivity index (χ3n) is 4.69. The van der Waals surface area contributed by atoms with Crippen LogP contribution in [-0.2, 0) is 9.59 Å². The van der Waals surface area contributed by atoms with E-state index in [1.54, 1.807) is 0 Å². The van der Waals surface area contributed by atoms with Crippen LogP contribution in [0.25, 0.3) is 6.08 Å². The first-order valence-electron chi connectivity index (χ1n) is 9.30. The summed E-state index contributed by atoms with van der Waals surface area (Å²) < 4.78 is 5.05. The number of imide groups is 1. The fraction of sp³-hybridized carbons (Fsp3) is 0.227. The molecule has 1 aliphatic rings. The van der Waals surface area contributed by atoms with Gasteiger partial charge in [-0.15, -0.1) is 0 Å². The molecule has 31 heavy (non-hydrogen) atoms. The maximum atomic E-state index is 12.7. The maximum absolute atomic E-state index is 12.7. The Morgan fingerprint density at radius 3 is 2.45 bits per heavy atom. The maximum Gasteiger partial charge on any atom is 0.294 e. The number of aromatic hydroxyl groups is 1. The van der Waals surface area contributed by atoms with Crippen molar-refractivity contribution in [2.24, 2.45) is 0 Å². The Morgan fingerprint density at radius 2 is 1.84 bits per heavy atom. The summed E-state index contributed by atoms with van der Waals surface area (Å²) in [7, 11) is 1.37. The van der Waals surface area contributed by atoms with Gasteiger partial charge in [0.1, 0.15) is 6.54 Å². The number of phenolic OH excluding ortho intramolecular Hbond substituents is 1. The van der Waals surface area contributed by atoms with E-state index in [9.17, 15) is 19.5 Å². The summed E-state index contributed by atoms with van der Waals surface area (Å²) in [5.74, 6) is -1.12. The highest BCUT2D eigenvalue weighted by atomic mass is 35.5. The number of anilines is 1. The van der Waals surface area contributed by atoms with Crippen LogP contribution in [0.15, 0.2) is 29.2 Å². The second-order valence-corrected chi connectivity index (χ2v) is 8.54. The number of carbonyl (C=O) groups excluding carboxylic acids is 3. The van der Waals surface area contributed by atoms with Gasteiger partial charge in [0.05, 0.1) is 17.0 Å². The van der Waals surface area contributed by atoms with Crippen molar-refractivity contribution in [1.82, 2.24) is 4.90 Å². The van der Waals surface area contributed by atoms with E-state index in [4.69, 9.17) is 16.3 Å². The lowest BCUT2D eigenvalue weighted by Crippen LogP contribution is -2.36. The monoisotopic (exact) mass is 460 g/mol. The lowest BCUT2D eigenvalue weighted by molar-refractivity contribution is -0.127. The molecule has 3 amide bonds. The van der Waals surface area contributed by atoms with Gasteiger partial charge < -0.3 is 15.2 Å². The van der Waals surface area contributed by atoms with Crippen LogP contribution in [0, 0.1) is 20.8 Å². The van der Waals surface area contributed by atoms with Crippen LogP contribution in [-0.4, -0.2) is 40.7 Å². The number of thioether (sulfide) groups is 1. The first-order chi connectivity index (χ1) is 14.6. The predicted octanol–water partition coefficient (Wildman–Crippen LogP) is 4.65. The van der Waals surface area contributed by atoms with Crippen molar-refractivity contribution >= 4 is 52.2 Å². The molecule has 7 nitrogen and oxygen atoms in total. The molecule has 1 saturated heterocycles. The highest BCUT2D eigenvalue weighted by Gasteiger charge is 2.36. The number of carbonyl (C=O) groups is 3. The van der Waals surface area contributed by atoms with Crippen molar-refractivity contribution in [3.8, 4) is 11.5 Å². The van der Waals surface area contributed by atoms with Crippen LogP contribution in [0.5, 0.6) is 11.5 Å². The normalized spacial score (nSPS) is 15.0. The average Bonchev–Trinajstić information content (AvgIpc) is 2.94. The molecular weight excluding hydrogens is 440 g/mol. The molecular formula is C22H21ClN2O5S. The van der Waals surface area contributed by atoms with Gasteiger partial charge in [-0.25, -0.2) is 0 Å². The zero-order valence-electron chi connectivity index (χ0n) is 17.4. The minimum absolute atomic E-state index is 0.0491. The van der Waals surface area contributed by atoms with Crippen molar-refractivity contribution in [2.45, 2.75) is 20.8 Å². The lowest BCUT2D eigenvalue weighted by Gasteiger charge is -2.15. The molecule has 0 saturated carbocycles. The van der Waals surface area contributed by atoms with Crippen LogP contribution in [0.1, 0.15) is 22.3 Å². The fourth-order valence-corrected chi connectivity index (χ4v) is 4.38. The average molecular weight is 461 g/mol. The van der Waals surface area contributed by atoms with E-state index in [1.165, 1.54) is 25.3 Å². The second kappa shape index (κ2) is 9.03. The number of halogens is 1. The van der Waals surface area contributed by atoms with Crippen LogP contribution in [0.3, 0.4) is 0 Å². The Hall–Kier alpha value is -2.97. The number of methoxy groups -OCH3 is 1. The molecule has 0 atom stereocenters. The zero-order valence-corrected chi connectivity index (χ0v) is 19.0. The third kappa shape index (κ3) is 4.86. The zero-order chi connectivity index (χ0) is 22.9. The van der Waals surface area contributed by atoms with E-state index in [0.717, 1.165) is 33.4 Å². The summed E-state index contributed by atoms with van der Waals surface area (Å²) >= 11 is 6.71. The summed E-state index contributed by atoms with van der Waals surface area (Å²) in [6, 6.07) is 6.83. The van der Waals surface area contributed by atoms with E-state index in [1.807, 2.05) is 32.9 Å². The van der Waals surface area contributed by atoms with E-state index < -0.39 is 23.6 Å². The molecule has 0 aromatic heterocycles. The molecule has 0 bridgehead atoms. The summed E-state index contributed by atoms with van der Waals surface area (Å²) in [5.41, 5.74) is 4.02. The van der Waals surface area contributed by atoms with Crippen molar-refractivity contribution in [2.75, 3.05) is 19.0 Å². The number of aryl methyl sites for hydroxylation is 3. The molecule has 3 rings (SSSR count). The number of nitrogens with zero attached hydrogens (tertiary/aromatic N) is 1. The minimum atomic E-state index is -0.578.